The van der Waals surface area contributed by atoms with Crippen molar-refractivity contribution in [3.63, 3.8) is 0 Å². The topological polar surface area (TPSA) is 50.1 Å². The zero-order valence-corrected chi connectivity index (χ0v) is 9.34. The van der Waals surface area contributed by atoms with Gasteiger partial charge in [-0.25, -0.2) is 0 Å². The van der Waals surface area contributed by atoms with Crippen LogP contribution in [-0.4, -0.2) is 13.1 Å². The number of hydrogen-bond donors (Lipinski definition) is 0. The van der Waals surface area contributed by atoms with Gasteiger partial charge in [0.2, 0.25) is 0 Å². The summed E-state index contributed by atoms with van der Waals surface area (Å²) in [6.45, 7) is 0. The number of ether oxygens (including phenoxy) is 1. The minimum atomic E-state index is -0.968. The number of benzene rings is 1. The van der Waals surface area contributed by atoms with Crippen LogP contribution in [0.15, 0.2) is 18.2 Å². The SMILES string of the molecule is COC(=O)[C@H](C#N)c1ccc(Cl)c(Cl)c1. The molecule has 1 aromatic carbocycles. The summed E-state index contributed by atoms with van der Waals surface area (Å²) < 4.78 is 4.49. The highest BCUT2D eigenvalue weighted by Gasteiger charge is 2.21. The summed E-state index contributed by atoms with van der Waals surface area (Å²) in [6, 6.07) is 6.42. The van der Waals surface area contributed by atoms with Crippen molar-refractivity contribution in [2.24, 2.45) is 0 Å². The van der Waals surface area contributed by atoms with Crippen LogP contribution in [0.5, 0.6) is 0 Å². The van der Waals surface area contributed by atoms with E-state index in [-0.39, 0.29) is 0 Å². The lowest BCUT2D eigenvalue weighted by Gasteiger charge is -2.07. The second-order valence-corrected chi connectivity index (χ2v) is 3.57. The zero-order valence-electron chi connectivity index (χ0n) is 7.83. The predicted octanol–water partition coefficient (Wildman–Crippen LogP) is 2.77. The molecule has 1 aromatic rings. The van der Waals surface area contributed by atoms with Crippen LogP contribution in [-0.2, 0) is 9.53 Å². The summed E-state index contributed by atoms with van der Waals surface area (Å²) in [5, 5.41) is 9.50. The van der Waals surface area contributed by atoms with Crippen molar-refractivity contribution in [3.8, 4) is 6.07 Å². The molecular formula is C10H7Cl2NO2. The van der Waals surface area contributed by atoms with Gasteiger partial charge < -0.3 is 4.74 Å². The molecular weight excluding hydrogens is 237 g/mol. The third-order valence-corrected chi connectivity index (χ3v) is 2.58. The number of nitrogens with zero attached hydrogens (tertiary/aromatic N) is 1. The van der Waals surface area contributed by atoms with E-state index in [9.17, 15) is 4.79 Å². The van der Waals surface area contributed by atoms with Crippen molar-refractivity contribution < 1.29 is 9.53 Å². The van der Waals surface area contributed by atoms with Crippen LogP contribution in [0.25, 0.3) is 0 Å². The van der Waals surface area contributed by atoms with Gasteiger partial charge in [0.25, 0.3) is 0 Å². The van der Waals surface area contributed by atoms with Gasteiger partial charge in [-0.05, 0) is 17.7 Å². The highest BCUT2D eigenvalue weighted by atomic mass is 35.5. The maximum absolute atomic E-state index is 11.2. The van der Waals surface area contributed by atoms with Gasteiger partial charge in [0.15, 0.2) is 5.92 Å². The van der Waals surface area contributed by atoms with Gasteiger partial charge >= 0.3 is 5.97 Å². The monoisotopic (exact) mass is 243 g/mol. The minimum absolute atomic E-state index is 0.304. The Morgan fingerprint density at radius 3 is 2.60 bits per heavy atom. The van der Waals surface area contributed by atoms with Crippen molar-refractivity contribution in [1.82, 2.24) is 0 Å². The Bertz CT molecular complexity index is 426. The Kier molecular flexibility index (Phi) is 3.96. The number of nitriles is 1. The molecule has 0 amide bonds. The van der Waals surface area contributed by atoms with Crippen LogP contribution >= 0.6 is 23.2 Å². The molecule has 0 bridgehead atoms. The molecule has 0 spiro atoms. The van der Waals surface area contributed by atoms with Crippen LogP contribution < -0.4 is 0 Å². The normalized spacial score (nSPS) is 11.6. The molecule has 0 fully saturated rings. The molecule has 0 unspecified atom stereocenters. The Hall–Kier alpha value is -1.24. The largest absolute Gasteiger partial charge is 0.468 e. The first kappa shape index (κ1) is 11.8. The average Bonchev–Trinajstić information content (AvgIpc) is 2.24. The molecule has 0 aliphatic heterocycles. The number of halogens is 2. The Morgan fingerprint density at radius 2 is 2.13 bits per heavy atom. The smallest absolute Gasteiger partial charge is 0.327 e. The third-order valence-electron chi connectivity index (χ3n) is 1.84. The Labute approximate surface area is 97.2 Å². The fourth-order valence-corrected chi connectivity index (χ4v) is 1.38. The van der Waals surface area contributed by atoms with Crippen LogP contribution in [0, 0.1) is 11.3 Å². The van der Waals surface area contributed by atoms with Crippen molar-refractivity contribution in [3.05, 3.63) is 33.8 Å². The van der Waals surface area contributed by atoms with Gasteiger partial charge in [0.1, 0.15) is 0 Å². The molecule has 78 valence electrons. The van der Waals surface area contributed by atoms with Crippen LogP contribution in [0.3, 0.4) is 0 Å². The molecule has 1 atom stereocenters. The van der Waals surface area contributed by atoms with E-state index in [4.69, 9.17) is 28.5 Å². The summed E-state index contributed by atoms with van der Waals surface area (Å²) in [5.74, 6) is -1.58. The molecule has 0 aliphatic rings. The molecule has 15 heavy (non-hydrogen) atoms. The number of hydrogen-bond acceptors (Lipinski definition) is 3. The second-order valence-electron chi connectivity index (χ2n) is 2.76. The highest BCUT2D eigenvalue weighted by molar-refractivity contribution is 6.42. The van der Waals surface area contributed by atoms with Gasteiger partial charge in [0, 0.05) is 0 Å². The van der Waals surface area contributed by atoms with Crippen LogP contribution in [0.4, 0.5) is 0 Å². The lowest BCUT2D eigenvalue weighted by atomic mass is 10.0. The van der Waals surface area contributed by atoms with E-state index in [1.807, 2.05) is 6.07 Å². The Morgan fingerprint density at radius 1 is 1.47 bits per heavy atom. The standard InChI is InChI=1S/C10H7Cl2NO2/c1-15-10(14)7(5-13)6-2-3-8(11)9(12)4-6/h2-4,7H,1H3/t7-/m1/s1. The number of carbonyl (C=O) groups excluding carboxylic acids is 1. The number of rotatable bonds is 2. The lowest BCUT2D eigenvalue weighted by Crippen LogP contribution is -2.12. The summed E-state index contributed by atoms with van der Waals surface area (Å²) in [7, 11) is 1.23. The first-order valence-electron chi connectivity index (χ1n) is 4.02. The highest BCUT2D eigenvalue weighted by Crippen LogP contribution is 2.26. The first-order chi connectivity index (χ1) is 7.10. The maximum atomic E-state index is 11.2. The fourth-order valence-electron chi connectivity index (χ4n) is 1.07. The molecule has 3 nitrogen and oxygen atoms in total. The number of carbonyl (C=O) groups is 1. The Balaban J connectivity index is 3.09. The van der Waals surface area contributed by atoms with E-state index in [0.717, 1.165) is 0 Å². The predicted molar refractivity (Wildman–Crippen MR) is 56.8 cm³/mol. The molecule has 1 rings (SSSR count). The number of esters is 1. The van der Waals surface area contributed by atoms with Gasteiger partial charge in [-0.2, -0.15) is 5.26 Å². The summed E-state index contributed by atoms with van der Waals surface area (Å²) in [6.07, 6.45) is 0. The van der Waals surface area contributed by atoms with Gasteiger partial charge in [-0.3, -0.25) is 4.79 Å². The molecule has 0 saturated carbocycles. The van der Waals surface area contributed by atoms with E-state index in [2.05, 4.69) is 4.74 Å². The zero-order chi connectivity index (χ0) is 11.4. The van der Waals surface area contributed by atoms with Crippen LogP contribution in [0.2, 0.25) is 10.0 Å². The van der Waals surface area contributed by atoms with Crippen LogP contribution in [0.1, 0.15) is 11.5 Å². The summed E-state index contributed by atoms with van der Waals surface area (Å²) in [5.41, 5.74) is 0.471. The van der Waals surface area contributed by atoms with E-state index < -0.39 is 11.9 Å². The first-order valence-corrected chi connectivity index (χ1v) is 4.78. The van der Waals surface area contributed by atoms with Crippen molar-refractivity contribution in [2.75, 3.05) is 7.11 Å². The molecule has 0 N–H and O–H groups in total. The molecule has 0 aromatic heterocycles. The summed E-state index contributed by atoms with van der Waals surface area (Å²) in [4.78, 5) is 11.2. The van der Waals surface area contributed by atoms with E-state index in [1.54, 1.807) is 6.07 Å². The van der Waals surface area contributed by atoms with Crippen molar-refractivity contribution in [2.45, 2.75) is 5.92 Å². The molecule has 0 aliphatic carbocycles. The second kappa shape index (κ2) is 5.01. The van der Waals surface area contributed by atoms with Crippen molar-refractivity contribution >= 4 is 29.2 Å². The maximum Gasteiger partial charge on any atom is 0.327 e. The minimum Gasteiger partial charge on any atom is -0.468 e. The van der Waals surface area contributed by atoms with Gasteiger partial charge in [0.05, 0.1) is 23.2 Å². The van der Waals surface area contributed by atoms with E-state index in [0.29, 0.717) is 15.6 Å². The average molecular weight is 244 g/mol. The van der Waals surface area contributed by atoms with Crippen molar-refractivity contribution in [1.29, 1.82) is 5.26 Å². The van der Waals surface area contributed by atoms with E-state index >= 15 is 0 Å². The molecule has 0 radical (unpaired) electrons. The van der Waals surface area contributed by atoms with Gasteiger partial charge in [-0.15, -0.1) is 0 Å². The third kappa shape index (κ3) is 2.62. The summed E-state index contributed by atoms with van der Waals surface area (Å²) >= 11 is 11.5. The lowest BCUT2D eigenvalue weighted by molar-refractivity contribution is -0.140. The molecule has 0 saturated heterocycles. The quantitative estimate of drug-likeness (QED) is 0.751. The van der Waals surface area contributed by atoms with Gasteiger partial charge in [-0.1, -0.05) is 29.3 Å². The van der Waals surface area contributed by atoms with E-state index in [1.165, 1.54) is 19.2 Å². The fraction of sp³-hybridized carbons (Fsp3) is 0.200. The number of methoxy groups -OCH3 is 1. The molecule has 5 heteroatoms. The molecule has 0 heterocycles.